The molecular formula is C10H21N3O. The second kappa shape index (κ2) is 5.98. The molecule has 1 atom stereocenters. The fourth-order valence-electron chi connectivity index (χ4n) is 1.77. The normalized spacial score (nSPS) is 21.7. The lowest BCUT2D eigenvalue weighted by molar-refractivity contribution is 0.0811. The summed E-state index contributed by atoms with van der Waals surface area (Å²) in [4.78, 5) is 2.26. The van der Waals surface area contributed by atoms with Crippen LogP contribution >= 0.6 is 0 Å². The van der Waals surface area contributed by atoms with Crippen LogP contribution in [0.1, 0.15) is 25.7 Å². The molecule has 0 saturated carbocycles. The monoisotopic (exact) mass is 199 g/mol. The Balaban J connectivity index is 2.03. The Bertz CT molecular complexity index is 178. The number of nitrogens with one attached hydrogen (secondary N) is 1. The first kappa shape index (κ1) is 11.5. The van der Waals surface area contributed by atoms with Gasteiger partial charge in [-0.25, -0.2) is 0 Å². The molecule has 1 saturated heterocycles. The predicted molar refractivity (Wildman–Crippen MR) is 57.6 cm³/mol. The predicted octanol–water partition coefficient (Wildman–Crippen LogP) is 0.813. The van der Waals surface area contributed by atoms with E-state index in [0.29, 0.717) is 12.5 Å². The Kier molecular flexibility index (Phi) is 4.90. The Morgan fingerprint density at radius 2 is 2.43 bits per heavy atom. The average Bonchev–Trinajstić information content (AvgIpc) is 2.56. The third-order valence-electron chi connectivity index (χ3n) is 2.53. The molecule has 3 N–H and O–H groups in total. The molecule has 4 heteroatoms. The zero-order valence-corrected chi connectivity index (χ0v) is 8.96. The van der Waals surface area contributed by atoms with Crippen LogP contribution in [-0.4, -0.2) is 43.6 Å². The van der Waals surface area contributed by atoms with Crippen molar-refractivity contribution in [1.82, 2.24) is 4.90 Å². The largest absolute Gasteiger partial charge is 0.388 e. The van der Waals surface area contributed by atoms with E-state index in [1.165, 1.54) is 12.8 Å². The van der Waals surface area contributed by atoms with Crippen molar-refractivity contribution in [1.29, 1.82) is 5.41 Å². The molecule has 82 valence electrons. The van der Waals surface area contributed by atoms with Crippen LogP contribution in [0.15, 0.2) is 0 Å². The number of hydrogen-bond acceptors (Lipinski definition) is 3. The molecule has 0 amide bonds. The van der Waals surface area contributed by atoms with Gasteiger partial charge >= 0.3 is 0 Å². The first-order valence-corrected chi connectivity index (χ1v) is 5.31. The number of rotatable bonds is 6. The van der Waals surface area contributed by atoms with Crippen LogP contribution in [0.4, 0.5) is 0 Å². The molecule has 0 radical (unpaired) electrons. The summed E-state index contributed by atoms with van der Waals surface area (Å²) >= 11 is 0. The van der Waals surface area contributed by atoms with Crippen molar-refractivity contribution in [2.75, 3.05) is 26.7 Å². The van der Waals surface area contributed by atoms with Gasteiger partial charge < -0.3 is 15.4 Å². The van der Waals surface area contributed by atoms with Crippen molar-refractivity contribution in [3.05, 3.63) is 0 Å². The molecule has 1 aliphatic rings. The fraction of sp³-hybridized carbons (Fsp3) is 0.900. The van der Waals surface area contributed by atoms with Crippen LogP contribution in [0, 0.1) is 5.41 Å². The third kappa shape index (κ3) is 4.58. The first-order valence-electron chi connectivity index (χ1n) is 5.31. The fourth-order valence-corrected chi connectivity index (χ4v) is 1.77. The second-order valence-corrected chi connectivity index (χ2v) is 4.03. The minimum atomic E-state index is 0.288. The number of nitrogens with zero attached hydrogens (tertiary/aromatic N) is 1. The van der Waals surface area contributed by atoms with E-state index < -0.39 is 0 Å². The standard InChI is InChI=1S/C10H21N3O/c1-13(6-2-5-10(11)12)8-9-4-3-7-14-9/h9H,2-8H2,1H3,(H3,11,12). The molecule has 14 heavy (non-hydrogen) atoms. The summed E-state index contributed by atoms with van der Waals surface area (Å²) in [5.41, 5.74) is 5.28. The SMILES string of the molecule is CN(CCCC(=N)N)CC1CCCO1. The molecule has 4 nitrogen and oxygen atoms in total. The summed E-state index contributed by atoms with van der Waals surface area (Å²) in [6.45, 7) is 2.93. The average molecular weight is 199 g/mol. The van der Waals surface area contributed by atoms with Gasteiger partial charge in [-0.1, -0.05) is 0 Å². The van der Waals surface area contributed by atoms with Crippen LogP contribution in [0.3, 0.4) is 0 Å². The van der Waals surface area contributed by atoms with Crippen molar-refractivity contribution in [3.63, 3.8) is 0 Å². The van der Waals surface area contributed by atoms with Gasteiger partial charge in [0.15, 0.2) is 0 Å². The molecular weight excluding hydrogens is 178 g/mol. The summed E-state index contributed by atoms with van der Waals surface area (Å²) in [5.74, 6) is 0.288. The molecule has 1 heterocycles. The summed E-state index contributed by atoms with van der Waals surface area (Å²) < 4.78 is 5.54. The van der Waals surface area contributed by atoms with E-state index in [9.17, 15) is 0 Å². The topological polar surface area (TPSA) is 62.3 Å². The van der Waals surface area contributed by atoms with Crippen LogP contribution in [-0.2, 0) is 4.74 Å². The maximum atomic E-state index is 7.10. The first-order chi connectivity index (χ1) is 6.68. The van der Waals surface area contributed by atoms with Gasteiger partial charge in [-0.2, -0.15) is 0 Å². The molecule has 1 unspecified atom stereocenters. The number of hydrogen-bond donors (Lipinski definition) is 2. The van der Waals surface area contributed by atoms with Crippen LogP contribution in [0.2, 0.25) is 0 Å². The molecule has 1 aliphatic heterocycles. The summed E-state index contributed by atoms with van der Waals surface area (Å²) in [5, 5.41) is 7.10. The number of amidine groups is 1. The molecule has 0 aromatic carbocycles. The van der Waals surface area contributed by atoms with Gasteiger partial charge in [0.05, 0.1) is 11.9 Å². The van der Waals surface area contributed by atoms with Gasteiger partial charge in [0.2, 0.25) is 0 Å². The third-order valence-corrected chi connectivity index (χ3v) is 2.53. The van der Waals surface area contributed by atoms with E-state index in [1.807, 2.05) is 0 Å². The van der Waals surface area contributed by atoms with Crippen LogP contribution in [0.25, 0.3) is 0 Å². The van der Waals surface area contributed by atoms with E-state index in [-0.39, 0.29) is 5.84 Å². The van der Waals surface area contributed by atoms with Gasteiger partial charge in [-0.05, 0) is 32.9 Å². The smallest absolute Gasteiger partial charge is 0.0905 e. The van der Waals surface area contributed by atoms with Gasteiger partial charge in [0, 0.05) is 19.6 Å². The van der Waals surface area contributed by atoms with Crippen molar-refractivity contribution in [2.45, 2.75) is 31.8 Å². The Labute approximate surface area is 85.9 Å². The lowest BCUT2D eigenvalue weighted by atomic mass is 10.2. The highest BCUT2D eigenvalue weighted by Gasteiger charge is 2.16. The van der Waals surface area contributed by atoms with E-state index >= 15 is 0 Å². The van der Waals surface area contributed by atoms with E-state index in [4.69, 9.17) is 15.9 Å². The maximum absolute atomic E-state index is 7.10. The zero-order valence-electron chi connectivity index (χ0n) is 8.96. The Hall–Kier alpha value is -0.610. The van der Waals surface area contributed by atoms with Crippen molar-refractivity contribution >= 4 is 5.84 Å². The van der Waals surface area contributed by atoms with Gasteiger partial charge in [0.25, 0.3) is 0 Å². The van der Waals surface area contributed by atoms with Crippen molar-refractivity contribution < 1.29 is 4.74 Å². The molecule has 0 bridgehead atoms. The Morgan fingerprint density at radius 1 is 1.64 bits per heavy atom. The van der Waals surface area contributed by atoms with E-state index in [2.05, 4.69) is 11.9 Å². The molecule has 0 aromatic rings. The Morgan fingerprint density at radius 3 is 3.00 bits per heavy atom. The number of ether oxygens (including phenoxy) is 1. The summed E-state index contributed by atoms with van der Waals surface area (Å²) in [7, 11) is 2.10. The maximum Gasteiger partial charge on any atom is 0.0905 e. The highest BCUT2D eigenvalue weighted by atomic mass is 16.5. The molecule has 0 aliphatic carbocycles. The lowest BCUT2D eigenvalue weighted by Crippen LogP contribution is -2.30. The van der Waals surface area contributed by atoms with E-state index in [1.54, 1.807) is 0 Å². The zero-order chi connectivity index (χ0) is 10.4. The van der Waals surface area contributed by atoms with Gasteiger partial charge in [0.1, 0.15) is 0 Å². The summed E-state index contributed by atoms with van der Waals surface area (Å²) in [6.07, 6.45) is 4.49. The van der Waals surface area contributed by atoms with Crippen molar-refractivity contribution in [3.8, 4) is 0 Å². The summed E-state index contributed by atoms with van der Waals surface area (Å²) in [6, 6.07) is 0. The molecule has 0 spiro atoms. The minimum absolute atomic E-state index is 0.288. The number of nitrogens with two attached hydrogens (primary N) is 1. The minimum Gasteiger partial charge on any atom is -0.388 e. The lowest BCUT2D eigenvalue weighted by Gasteiger charge is -2.20. The van der Waals surface area contributed by atoms with Crippen LogP contribution < -0.4 is 5.73 Å². The second-order valence-electron chi connectivity index (χ2n) is 4.03. The van der Waals surface area contributed by atoms with Crippen molar-refractivity contribution in [2.24, 2.45) is 5.73 Å². The molecule has 1 rings (SSSR count). The highest BCUT2D eigenvalue weighted by molar-refractivity contribution is 5.76. The molecule has 0 aromatic heterocycles. The molecule has 1 fully saturated rings. The highest BCUT2D eigenvalue weighted by Crippen LogP contribution is 2.12. The van der Waals surface area contributed by atoms with Gasteiger partial charge in [-0.3, -0.25) is 5.41 Å². The van der Waals surface area contributed by atoms with Crippen LogP contribution in [0.5, 0.6) is 0 Å². The quantitative estimate of drug-likeness (QED) is 0.491. The number of likely N-dealkylation sites (N-methyl/N-ethyl adjacent to an activating group) is 1. The van der Waals surface area contributed by atoms with E-state index in [0.717, 1.165) is 26.1 Å². The van der Waals surface area contributed by atoms with Gasteiger partial charge in [-0.15, -0.1) is 0 Å².